The van der Waals surface area contributed by atoms with E-state index in [1.165, 1.54) is 13.5 Å². The molecule has 5 nitrogen and oxygen atoms in total. The summed E-state index contributed by atoms with van der Waals surface area (Å²) in [6.45, 7) is 10.8. The van der Waals surface area contributed by atoms with Crippen LogP contribution in [0.3, 0.4) is 0 Å². The van der Waals surface area contributed by atoms with Gasteiger partial charge in [-0.1, -0.05) is 57.6 Å². The number of hydrogen-bond acceptors (Lipinski definition) is 5. The van der Waals surface area contributed by atoms with Crippen molar-refractivity contribution in [2.75, 3.05) is 13.7 Å². The Kier molecular flexibility index (Phi) is 18.1. The molecule has 0 saturated carbocycles. The van der Waals surface area contributed by atoms with Crippen molar-refractivity contribution < 1.29 is 24.1 Å². The fourth-order valence-corrected chi connectivity index (χ4v) is 3.41. The molecule has 2 atom stereocenters. The zero-order valence-electron chi connectivity index (χ0n) is 21.2. The Morgan fingerprint density at radius 2 is 1.68 bits per heavy atom. The van der Waals surface area contributed by atoms with E-state index in [1.807, 2.05) is 27.7 Å². The van der Waals surface area contributed by atoms with E-state index in [2.05, 4.69) is 23.8 Å². The smallest absolute Gasteiger partial charge is 0.305 e. The minimum atomic E-state index is -0.496. The van der Waals surface area contributed by atoms with Gasteiger partial charge in [0.25, 0.3) is 0 Å². The summed E-state index contributed by atoms with van der Waals surface area (Å²) in [5.74, 6) is -0.116. The summed E-state index contributed by atoms with van der Waals surface area (Å²) in [6, 6.07) is 0. The van der Waals surface area contributed by atoms with Crippen molar-refractivity contribution in [3.63, 3.8) is 0 Å². The molecule has 0 aliphatic rings. The molecular formula is C26H50O5. The normalized spacial score (nSPS) is 14.3. The lowest BCUT2D eigenvalue weighted by Crippen LogP contribution is -2.41. The predicted octanol–water partition coefficient (Wildman–Crippen LogP) is 6.37. The van der Waals surface area contributed by atoms with Crippen LogP contribution in [-0.4, -0.2) is 48.7 Å². The molecule has 31 heavy (non-hydrogen) atoms. The third-order valence-electron chi connectivity index (χ3n) is 5.28. The summed E-state index contributed by atoms with van der Waals surface area (Å²) in [6.07, 6.45) is 15.6. The SMILES string of the molecule is CCCCCC(OC(C)(C)COC(C)C)C(O)C/C=C\CCCCCCCC(=O)OC. The van der Waals surface area contributed by atoms with E-state index in [0.29, 0.717) is 19.4 Å². The second kappa shape index (κ2) is 18.6. The largest absolute Gasteiger partial charge is 0.469 e. The van der Waals surface area contributed by atoms with E-state index in [1.54, 1.807) is 0 Å². The number of hydrogen-bond donors (Lipinski definition) is 1. The van der Waals surface area contributed by atoms with Gasteiger partial charge in [0.05, 0.1) is 37.6 Å². The van der Waals surface area contributed by atoms with Crippen molar-refractivity contribution in [1.82, 2.24) is 0 Å². The maximum absolute atomic E-state index is 11.1. The summed E-state index contributed by atoms with van der Waals surface area (Å²) in [4.78, 5) is 11.1. The molecule has 0 fully saturated rings. The standard InChI is InChI=1S/C26H50O5/c1-7-8-15-19-24(31-26(4,5)21-30-22(2)3)23(27)18-16-13-11-9-10-12-14-17-20-25(28)29-6/h13,16,22-24,27H,7-12,14-15,17-21H2,1-6H3/b16-13-. The molecule has 1 N–H and O–H groups in total. The van der Waals surface area contributed by atoms with Gasteiger partial charge in [-0.25, -0.2) is 0 Å². The Balaban J connectivity index is 4.24. The average molecular weight is 443 g/mol. The van der Waals surface area contributed by atoms with Crippen molar-refractivity contribution in [2.24, 2.45) is 0 Å². The summed E-state index contributed by atoms with van der Waals surface area (Å²) >= 11 is 0. The van der Waals surface area contributed by atoms with Crippen molar-refractivity contribution in [1.29, 1.82) is 0 Å². The molecule has 0 amide bonds. The van der Waals surface area contributed by atoms with E-state index < -0.39 is 11.7 Å². The quantitative estimate of drug-likeness (QED) is 0.135. The van der Waals surface area contributed by atoms with Crippen LogP contribution < -0.4 is 0 Å². The van der Waals surface area contributed by atoms with E-state index >= 15 is 0 Å². The zero-order valence-corrected chi connectivity index (χ0v) is 21.2. The highest BCUT2D eigenvalue weighted by Crippen LogP contribution is 2.22. The first-order chi connectivity index (χ1) is 14.7. The summed E-state index contributed by atoms with van der Waals surface area (Å²) in [7, 11) is 1.44. The topological polar surface area (TPSA) is 65.0 Å². The monoisotopic (exact) mass is 442 g/mol. The van der Waals surface area contributed by atoms with Crippen LogP contribution in [0.2, 0.25) is 0 Å². The molecule has 0 aromatic carbocycles. The molecule has 0 radical (unpaired) electrons. The number of methoxy groups -OCH3 is 1. The van der Waals surface area contributed by atoms with Crippen LogP contribution in [-0.2, 0) is 19.0 Å². The van der Waals surface area contributed by atoms with Gasteiger partial charge in [-0.2, -0.15) is 0 Å². The van der Waals surface area contributed by atoms with E-state index in [0.717, 1.165) is 57.8 Å². The molecule has 0 spiro atoms. The summed E-state index contributed by atoms with van der Waals surface area (Å²) in [5.41, 5.74) is -0.417. The van der Waals surface area contributed by atoms with Crippen molar-refractivity contribution in [2.45, 2.75) is 136 Å². The molecule has 2 unspecified atom stereocenters. The average Bonchev–Trinajstić information content (AvgIpc) is 2.72. The first kappa shape index (κ1) is 30.1. The highest BCUT2D eigenvalue weighted by molar-refractivity contribution is 5.68. The Bertz CT molecular complexity index is 459. The second-order valence-electron chi connectivity index (χ2n) is 9.43. The fourth-order valence-electron chi connectivity index (χ4n) is 3.41. The minimum absolute atomic E-state index is 0.116. The predicted molar refractivity (Wildman–Crippen MR) is 128 cm³/mol. The lowest BCUT2D eigenvalue weighted by atomic mass is 10.0. The number of ether oxygens (including phenoxy) is 3. The van der Waals surface area contributed by atoms with Crippen LogP contribution in [0, 0.1) is 0 Å². The van der Waals surface area contributed by atoms with Gasteiger partial charge in [-0.3, -0.25) is 4.79 Å². The third kappa shape index (κ3) is 18.4. The van der Waals surface area contributed by atoms with Crippen LogP contribution in [0.25, 0.3) is 0 Å². The third-order valence-corrected chi connectivity index (χ3v) is 5.28. The molecule has 0 aliphatic heterocycles. The first-order valence-electron chi connectivity index (χ1n) is 12.4. The molecular weight excluding hydrogens is 392 g/mol. The van der Waals surface area contributed by atoms with Gasteiger partial charge in [-0.15, -0.1) is 0 Å². The molecule has 0 saturated heterocycles. The van der Waals surface area contributed by atoms with Gasteiger partial charge >= 0.3 is 5.97 Å². The maximum Gasteiger partial charge on any atom is 0.305 e. The fraction of sp³-hybridized carbons (Fsp3) is 0.885. The lowest BCUT2D eigenvalue weighted by Gasteiger charge is -2.33. The number of rotatable bonds is 20. The molecule has 0 aromatic rings. The maximum atomic E-state index is 11.1. The van der Waals surface area contributed by atoms with Crippen molar-refractivity contribution in [3.8, 4) is 0 Å². The van der Waals surface area contributed by atoms with E-state index in [-0.39, 0.29) is 18.2 Å². The molecule has 184 valence electrons. The Morgan fingerprint density at radius 1 is 1.00 bits per heavy atom. The molecule has 0 bridgehead atoms. The Hall–Kier alpha value is -0.910. The van der Waals surface area contributed by atoms with Gasteiger partial charge in [-0.05, 0) is 59.8 Å². The van der Waals surface area contributed by atoms with Crippen LogP contribution in [0.4, 0.5) is 0 Å². The number of carbonyl (C=O) groups excluding carboxylic acids is 1. The molecule has 5 heteroatoms. The Morgan fingerprint density at radius 3 is 2.32 bits per heavy atom. The number of aliphatic hydroxyl groups is 1. The van der Waals surface area contributed by atoms with Crippen LogP contribution in [0.15, 0.2) is 12.2 Å². The molecule has 0 rings (SSSR count). The lowest BCUT2D eigenvalue weighted by molar-refractivity contribution is -0.153. The van der Waals surface area contributed by atoms with Crippen LogP contribution in [0.1, 0.15) is 112 Å². The highest BCUT2D eigenvalue weighted by atomic mass is 16.6. The number of unbranched alkanes of at least 4 members (excludes halogenated alkanes) is 7. The number of esters is 1. The van der Waals surface area contributed by atoms with Gasteiger partial charge in [0.15, 0.2) is 0 Å². The number of carbonyl (C=O) groups is 1. The van der Waals surface area contributed by atoms with E-state index in [4.69, 9.17) is 9.47 Å². The Labute approximate surface area is 191 Å². The summed E-state index contributed by atoms with van der Waals surface area (Å²) in [5, 5.41) is 10.8. The van der Waals surface area contributed by atoms with Crippen molar-refractivity contribution in [3.05, 3.63) is 12.2 Å². The van der Waals surface area contributed by atoms with Crippen LogP contribution in [0.5, 0.6) is 0 Å². The van der Waals surface area contributed by atoms with E-state index in [9.17, 15) is 9.90 Å². The van der Waals surface area contributed by atoms with Gasteiger partial charge in [0.1, 0.15) is 0 Å². The first-order valence-corrected chi connectivity index (χ1v) is 12.4. The molecule has 0 aromatic heterocycles. The number of allylic oxidation sites excluding steroid dienone is 1. The van der Waals surface area contributed by atoms with Crippen molar-refractivity contribution >= 4 is 5.97 Å². The van der Waals surface area contributed by atoms with Gasteiger partial charge in [0, 0.05) is 6.42 Å². The summed E-state index contributed by atoms with van der Waals surface area (Å²) < 4.78 is 16.7. The zero-order chi connectivity index (χ0) is 23.5. The van der Waals surface area contributed by atoms with Gasteiger partial charge < -0.3 is 19.3 Å². The van der Waals surface area contributed by atoms with Crippen LogP contribution >= 0.6 is 0 Å². The second-order valence-corrected chi connectivity index (χ2v) is 9.43. The number of aliphatic hydroxyl groups excluding tert-OH is 1. The molecule has 0 heterocycles. The minimum Gasteiger partial charge on any atom is -0.469 e. The van der Waals surface area contributed by atoms with Gasteiger partial charge in [0.2, 0.25) is 0 Å². The molecule has 0 aliphatic carbocycles. The highest BCUT2D eigenvalue weighted by Gasteiger charge is 2.28.